The number of nitrogens with one attached hydrogen (secondary N) is 1. The average molecular weight is 319 g/mol. The Balaban J connectivity index is 1.91. The van der Waals surface area contributed by atoms with Gasteiger partial charge in [0.1, 0.15) is 5.82 Å². The monoisotopic (exact) mass is 319 g/mol. The standard InChI is InChI=1S/C20H21N3O/c1-13-5-9-18(10-6-13)23-19(12-16(4)22-23)21-20(24)17-8-7-14(2)15(3)11-17/h5-12H,1-4H3,(H,21,24). The minimum atomic E-state index is -0.133. The molecule has 0 saturated heterocycles. The molecule has 1 amide bonds. The van der Waals surface area contributed by atoms with E-state index in [2.05, 4.69) is 10.4 Å². The number of carbonyl (C=O) groups excluding carboxylic acids is 1. The Bertz CT molecular complexity index is 892. The lowest BCUT2D eigenvalue weighted by Gasteiger charge is -2.10. The van der Waals surface area contributed by atoms with Crippen molar-refractivity contribution < 1.29 is 4.79 Å². The minimum absolute atomic E-state index is 0.133. The van der Waals surface area contributed by atoms with Crippen LogP contribution in [0.1, 0.15) is 32.7 Å². The molecule has 0 radical (unpaired) electrons. The van der Waals surface area contributed by atoms with E-state index in [1.165, 1.54) is 11.1 Å². The molecule has 0 unspecified atom stereocenters. The summed E-state index contributed by atoms with van der Waals surface area (Å²) in [5, 5.41) is 7.46. The Hall–Kier alpha value is -2.88. The maximum absolute atomic E-state index is 12.6. The molecule has 0 bridgehead atoms. The molecule has 122 valence electrons. The predicted molar refractivity (Wildman–Crippen MR) is 96.9 cm³/mol. The third-order valence-electron chi connectivity index (χ3n) is 4.12. The van der Waals surface area contributed by atoms with E-state index in [4.69, 9.17) is 0 Å². The summed E-state index contributed by atoms with van der Waals surface area (Å²) < 4.78 is 1.76. The first-order valence-corrected chi connectivity index (χ1v) is 7.96. The van der Waals surface area contributed by atoms with Gasteiger partial charge in [-0.15, -0.1) is 0 Å². The molecule has 0 aliphatic carbocycles. The second-order valence-electron chi connectivity index (χ2n) is 6.17. The first-order chi connectivity index (χ1) is 11.4. The number of hydrogen-bond acceptors (Lipinski definition) is 2. The molecular formula is C20H21N3O. The van der Waals surface area contributed by atoms with Gasteiger partial charge in [0.2, 0.25) is 0 Å². The quantitative estimate of drug-likeness (QED) is 0.780. The third-order valence-corrected chi connectivity index (χ3v) is 4.12. The Morgan fingerprint density at radius 1 is 0.917 bits per heavy atom. The topological polar surface area (TPSA) is 46.9 Å². The fourth-order valence-electron chi connectivity index (χ4n) is 2.54. The number of benzene rings is 2. The Labute approximate surface area is 142 Å². The second kappa shape index (κ2) is 6.32. The van der Waals surface area contributed by atoms with Gasteiger partial charge in [0.25, 0.3) is 5.91 Å². The van der Waals surface area contributed by atoms with Gasteiger partial charge in [-0.1, -0.05) is 23.8 Å². The number of rotatable bonds is 3. The van der Waals surface area contributed by atoms with Gasteiger partial charge in [-0.05, 0) is 63.1 Å². The molecule has 0 aliphatic heterocycles. The molecule has 2 aromatic carbocycles. The highest BCUT2D eigenvalue weighted by molar-refractivity contribution is 6.04. The van der Waals surface area contributed by atoms with Gasteiger partial charge in [-0.25, -0.2) is 4.68 Å². The minimum Gasteiger partial charge on any atom is -0.306 e. The smallest absolute Gasteiger partial charge is 0.256 e. The summed E-state index contributed by atoms with van der Waals surface area (Å²) >= 11 is 0. The van der Waals surface area contributed by atoms with Gasteiger partial charge in [-0.2, -0.15) is 5.10 Å². The summed E-state index contributed by atoms with van der Waals surface area (Å²) in [6.07, 6.45) is 0. The van der Waals surface area contributed by atoms with Crippen LogP contribution >= 0.6 is 0 Å². The van der Waals surface area contributed by atoms with E-state index in [0.717, 1.165) is 16.9 Å². The Morgan fingerprint density at radius 3 is 2.29 bits per heavy atom. The SMILES string of the molecule is Cc1ccc(-n2nc(C)cc2NC(=O)c2ccc(C)c(C)c2)cc1. The van der Waals surface area contributed by atoms with Crippen LogP contribution < -0.4 is 5.32 Å². The number of amides is 1. The molecule has 0 saturated carbocycles. The number of nitrogens with zero attached hydrogens (tertiary/aromatic N) is 2. The van der Waals surface area contributed by atoms with Crippen molar-refractivity contribution in [2.45, 2.75) is 27.7 Å². The zero-order valence-electron chi connectivity index (χ0n) is 14.4. The number of hydrogen-bond donors (Lipinski definition) is 1. The van der Waals surface area contributed by atoms with Gasteiger partial charge in [0, 0.05) is 11.6 Å². The van der Waals surface area contributed by atoms with Crippen LogP contribution in [-0.2, 0) is 0 Å². The van der Waals surface area contributed by atoms with Crippen LogP contribution in [-0.4, -0.2) is 15.7 Å². The van der Waals surface area contributed by atoms with Crippen LogP contribution in [0.5, 0.6) is 0 Å². The number of carbonyl (C=O) groups is 1. The first kappa shape index (κ1) is 16.0. The van der Waals surface area contributed by atoms with Crippen LogP contribution in [0.3, 0.4) is 0 Å². The predicted octanol–water partition coefficient (Wildman–Crippen LogP) is 4.36. The van der Waals surface area contributed by atoms with Gasteiger partial charge in [0.15, 0.2) is 0 Å². The molecule has 1 aromatic heterocycles. The van der Waals surface area contributed by atoms with Gasteiger partial charge in [0.05, 0.1) is 11.4 Å². The summed E-state index contributed by atoms with van der Waals surface area (Å²) in [6, 6.07) is 15.6. The molecule has 0 spiro atoms. The summed E-state index contributed by atoms with van der Waals surface area (Å²) in [4.78, 5) is 12.6. The molecule has 4 heteroatoms. The van der Waals surface area contributed by atoms with Crippen molar-refractivity contribution in [2.75, 3.05) is 5.32 Å². The van der Waals surface area contributed by atoms with E-state index in [9.17, 15) is 4.79 Å². The zero-order valence-corrected chi connectivity index (χ0v) is 14.4. The summed E-state index contributed by atoms with van der Waals surface area (Å²) in [5.74, 6) is 0.533. The summed E-state index contributed by atoms with van der Waals surface area (Å²) in [7, 11) is 0. The molecule has 0 atom stereocenters. The molecule has 1 heterocycles. The number of aryl methyl sites for hydroxylation is 4. The van der Waals surface area contributed by atoms with Gasteiger partial charge >= 0.3 is 0 Å². The van der Waals surface area contributed by atoms with Gasteiger partial charge in [-0.3, -0.25) is 4.79 Å². The van der Waals surface area contributed by atoms with Crippen molar-refractivity contribution in [1.82, 2.24) is 9.78 Å². The molecule has 0 fully saturated rings. The Kier molecular flexibility index (Phi) is 4.21. The van der Waals surface area contributed by atoms with Crippen LogP contribution in [0.15, 0.2) is 48.5 Å². The van der Waals surface area contributed by atoms with E-state index in [0.29, 0.717) is 11.4 Å². The molecule has 1 N–H and O–H groups in total. The highest BCUT2D eigenvalue weighted by Crippen LogP contribution is 2.19. The third kappa shape index (κ3) is 3.23. The number of anilines is 1. The lowest BCUT2D eigenvalue weighted by molar-refractivity contribution is 0.102. The fraction of sp³-hybridized carbons (Fsp3) is 0.200. The average Bonchev–Trinajstić information content (AvgIpc) is 2.91. The Morgan fingerprint density at radius 2 is 1.62 bits per heavy atom. The molecule has 4 nitrogen and oxygen atoms in total. The highest BCUT2D eigenvalue weighted by Gasteiger charge is 2.13. The van der Waals surface area contributed by atoms with Crippen molar-refractivity contribution in [2.24, 2.45) is 0 Å². The molecule has 24 heavy (non-hydrogen) atoms. The molecular weight excluding hydrogens is 298 g/mol. The lowest BCUT2D eigenvalue weighted by atomic mass is 10.1. The maximum Gasteiger partial charge on any atom is 0.256 e. The van der Waals surface area contributed by atoms with Crippen molar-refractivity contribution in [3.05, 3.63) is 76.5 Å². The lowest BCUT2D eigenvalue weighted by Crippen LogP contribution is -2.15. The maximum atomic E-state index is 12.6. The normalized spacial score (nSPS) is 10.7. The highest BCUT2D eigenvalue weighted by atomic mass is 16.1. The fourth-order valence-corrected chi connectivity index (χ4v) is 2.54. The first-order valence-electron chi connectivity index (χ1n) is 7.96. The molecule has 3 aromatic rings. The van der Waals surface area contributed by atoms with Crippen LogP contribution in [0, 0.1) is 27.7 Å². The van der Waals surface area contributed by atoms with E-state index in [-0.39, 0.29) is 5.91 Å². The van der Waals surface area contributed by atoms with E-state index >= 15 is 0 Å². The number of aromatic nitrogens is 2. The zero-order chi connectivity index (χ0) is 17.3. The van der Waals surface area contributed by atoms with Crippen LogP contribution in [0.4, 0.5) is 5.82 Å². The van der Waals surface area contributed by atoms with Crippen LogP contribution in [0.2, 0.25) is 0 Å². The van der Waals surface area contributed by atoms with E-state index < -0.39 is 0 Å². The second-order valence-corrected chi connectivity index (χ2v) is 6.17. The van der Waals surface area contributed by atoms with Crippen molar-refractivity contribution in [3.63, 3.8) is 0 Å². The largest absolute Gasteiger partial charge is 0.306 e. The van der Waals surface area contributed by atoms with E-state index in [1.807, 2.05) is 76.2 Å². The van der Waals surface area contributed by atoms with Crippen molar-refractivity contribution >= 4 is 11.7 Å². The van der Waals surface area contributed by atoms with Gasteiger partial charge < -0.3 is 5.32 Å². The van der Waals surface area contributed by atoms with Crippen LogP contribution in [0.25, 0.3) is 5.69 Å². The molecule has 0 aliphatic rings. The molecule has 3 rings (SSSR count). The van der Waals surface area contributed by atoms with E-state index in [1.54, 1.807) is 4.68 Å². The van der Waals surface area contributed by atoms with Crippen molar-refractivity contribution in [3.8, 4) is 5.69 Å². The summed E-state index contributed by atoms with van der Waals surface area (Å²) in [5.41, 5.74) is 5.88. The summed E-state index contributed by atoms with van der Waals surface area (Å²) in [6.45, 7) is 8.00. The van der Waals surface area contributed by atoms with Crippen molar-refractivity contribution in [1.29, 1.82) is 0 Å².